The maximum Gasteiger partial charge on any atom is 0.0612 e. The minimum Gasteiger partial charge on any atom is -0.388 e. The zero-order chi connectivity index (χ0) is 12.3. The maximum absolute atomic E-state index is 5.95. The van der Waals surface area contributed by atoms with Crippen molar-refractivity contribution in [3.05, 3.63) is 52.5 Å². The van der Waals surface area contributed by atoms with E-state index in [-0.39, 0.29) is 0 Å². The summed E-state index contributed by atoms with van der Waals surface area (Å²) >= 11 is 11.8. The van der Waals surface area contributed by atoms with E-state index in [1.54, 1.807) is 12.1 Å². The third kappa shape index (κ3) is 3.05. The van der Waals surface area contributed by atoms with E-state index in [1.807, 2.05) is 37.4 Å². The molecule has 0 atom stereocenters. The fourth-order valence-electron chi connectivity index (χ4n) is 1.46. The fraction of sp³-hybridized carbons (Fsp3) is 0.0769. The summed E-state index contributed by atoms with van der Waals surface area (Å²) in [6.07, 6.45) is 0. The van der Waals surface area contributed by atoms with Crippen molar-refractivity contribution in [3.8, 4) is 0 Å². The molecule has 17 heavy (non-hydrogen) atoms. The lowest BCUT2D eigenvalue weighted by molar-refractivity contribution is 1.49. The van der Waals surface area contributed by atoms with Gasteiger partial charge in [-0.25, -0.2) is 0 Å². The largest absolute Gasteiger partial charge is 0.388 e. The summed E-state index contributed by atoms with van der Waals surface area (Å²) in [5.74, 6) is 0. The number of halogens is 2. The standard InChI is InChI=1S/C13H12Cl2N2/c1-16-9-2-4-10(5-3-9)17-11-6-7-12(14)13(15)8-11/h2-8,16-17H,1H3. The molecule has 4 heteroatoms. The van der Waals surface area contributed by atoms with Crippen molar-refractivity contribution >= 4 is 40.3 Å². The summed E-state index contributed by atoms with van der Waals surface area (Å²) in [5, 5.41) is 7.42. The van der Waals surface area contributed by atoms with Gasteiger partial charge in [0.2, 0.25) is 0 Å². The van der Waals surface area contributed by atoms with Crippen LogP contribution in [0.5, 0.6) is 0 Å². The fourth-order valence-corrected chi connectivity index (χ4v) is 1.76. The second-order valence-electron chi connectivity index (χ2n) is 3.58. The molecule has 0 aliphatic heterocycles. The summed E-state index contributed by atoms with van der Waals surface area (Å²) in [4.78, 5) is 0. The van der Waals surface area contributed by atoms with Gasteiger partial charge in [0.25, 0.3) is 0 Å². The summed E-state index contributed by atoms with van der Waals surface area (Å²) in [5.41, 5.74) is 2.99. The van der Waals surface area contributed by atoms with E-state index in [0.29, 0.717) is 10.0 Å². The van der Waals surface area contributed by atoms with Gasteiger partial charge < -0.3 is 10.6 Å². The molecule has 2 N–H and O–H groups in total. The molecule has 0 fully saturated rings. The van der Waals surface area contributed by atoms with Crippen LogP contribution in [-0.4, -0.2) is 7.05 Å². The predicted molar refractivity (Wildman–Crippen MR) is 75.7 cm³/mol. The van der Waals surface area contributed by atoms with Gasteiger partial charge in [0.1, 0.15) is 0 Å². The Kier molecular flexibility index (Phi) is 3.77. The highest BCUT2D eigenvalue weighted by Gasteiger charge is 2.00. The van der Waals surface area contributed by atoms with Crippen molar-refractivity contribution < 1.29 is 0 Å². The number of hydrogen-bond acceptors (Lipinski definition) is 2. The van der Waals surface area contributed by atoms with Gasteiger partial charge in [-0.1, -0.05) is 23.2 Å². The molecule has 0 saturated carbocycles. The van der Waals surface area contributed by atoms with Crippen LogP contribution < -0.4 is 10.6 Å². The van der Waals surface area contributed by atoms with Crippen LogP contribution >= 0.6 is 23.2 Å². The smallest absolute Gasteiger partial charge is 0.0612 e. The van der Waals surface area contributed by atoms with Crippen LogP contribution in [0.15, 0.2) is 42.5 Å². The second kappa shape index (κ2) is 5.30. The van der Waals surface area contributed by atoms with Gasteiger partial charge in [-0.2, -0.15) is 0 Å². The molecule has 0 heterocycles. The third-order valence-electron chi connectivity index (χ3n) is 2.38. The quantitative estimate of drug-likeness (QED) is 0.836. The summed E-state index contributed by atoms with van der Waals surface area (Å²) in [6.45, 7) is 0. The molecule has 0 spiro atoms. The zero-order valence-corrected chi connectivity index (χ0v) is 10.8. The Balaban J connectivity index is 2.16. The highest BCUT2D eigenvalue weighted by Crippen LogP contribution is 2.27. The SMILES string of the molecule is CNc1ccc(Nc2ccc(Cl)c(Cl)c2)cc1. The van der Waals surface area contributed by atoms with Crippen molar-refractivity contribution in [1.29, 1.82) is 0 Å². The van der Waals surface area contributed by atoms with Gasteiger partial charge in [-0.3, -0.25) is 0 Å². The lowest BCUT2D eigenvalue weighted by Gasteiger charge is -2.08. The number of nitrogens with one attached hydrogen (secondary N) is 2. The number of benzene rings is 2. The van der Waals surface area contributed by atoms with E-state index in [1.165, 1.54) is 0 Å². The topological polar surface area (TPSA) is 24.1 Å². The molecule has 0 radical (unpaired) electrons. The normalized spacial score (nSPS) is 10.1. The Labute approximate surface area is 111 Å². The highest BCUT2D eigenvalue weighted by molar-refractivity contribution is 6.42. The lowest BCUT2D eigenvalue weighted by Crippen LogP contribution is -1.91. The van der Waals surface area contributed by atoms with Crippen LogP contribution in [0, 0.1) is 0 Å². The maximum atomic E-state index is 5.95. The molecule has 0 bridgehead atoms. The van der Waals surface area contributed by atoms with Crippen LogP contribution in [0.25, 0.3) is 0 Å². The minimum absolute atomic E-state index is 0.545. The van der Waals surface area contributed by atoms with Gasteiger partial charge in [0, 0.05) is 24.1 Å². The van der Waals surface area contributed by atoms with Crippen molar-refractivity contribution in [2.75, 3.05) is 17.7 Å². The molecule has 88 valence electrons. The Bertz CT molecular complexity index is 509. The molecule has 0 unspecified atom stereocenters. The Hall–Kier alpha value is -1.38. The average Bonchev–Trinajstić information content (AvgIpc) is 2.35. The monoisotopic (exact) mass is 266 g/mol. The molecule has 0 aromatic heterocycles. The van der Waals surface area contributed by atoms with Gasteiger partial charge in [-0.15, -0.1) is 0 Å². The Morgan fingerprint density at radius 3 is 1.94 bits per heavy atom. The molecular formula is C13H12Cl2N2. The summed E-state index contributed by atoms with van der Waals surface area (Å²) in [6, 6.07) is 13.5. The van der Waals surface area contributed by atoms with Gasteiger partial charge >= 0.3 is 0 Å². The van der Waals surface area contributed by atoms with Crippen LogP contribution in [0.4, 0.5) is 17.1 Å². The van der Waals surface area contributed by atoms with Crippen molar-refractivity contribution in [1.82, 2.24) is 0 Å². The number of rotatable bonds is 3. The first-order chi connectivity index (χ1) is 8.19. The zero-order valence-electron chi connectivity index (χ0n) is 9.30. The Morgan fingerprint density at radius 1 is 0.765 bits per heavy atom. The summed E-state index contributed by atoms with van der Waals surface area (Å²) < 4.78 is 0. The average molecular weight is 267 g/mol. The van der Waals surface area contributed by atoms with Crippen molar-refractivity contribution in [2.45, 2.75) is 0 Å². The number of hydrogen-bond donors (Lipinski definition) is 2. The second-order valence-corrected chi connectivity index (χ2v) is 4.40. The van der Waals surface area contributed by atoms with Crippen LogP contribution in [0.2, 0.25) is 10.0 Å². The predicted octanol–water partition coefficient (Wildman–Crippen LogP) is 4.78. The van der Waals surface area contributed by atoms with E-state index < -0.39 is 0 Å². The van der Waals surface area contributed by atoms with Gasteiger partial charge in [-0.05, 0) is 42.5 Å². The van der Waals surface area contributed by atoms with Crippen molar-refractivity contribution in [3.63, 3.8) is 0 Å². The van der Waals surface area contributed by atoms with E-state index in [2.05, 4.69) is 10.6 Å². The molecule has 2 rings (SSSR count). The molecule has 0 amide bonds. The molecule has 2 nitrogen and oxygen atoms in total. The van der Waals surface area contributed by atoms with Crippen LogP contribution in [0.3, 0.4) is 0 Å². The Morgan fingerprint density at radius 2 is 1.35 bits per heavy atom. The molecule has 2 aromatic rings. The van der Waals surface area contributed by atoms with Gasteiger partial charge in [0.05, 0.1) is 10.0 Å². The molecule has 2 aromatic carbocycles. The highest BCUT2D eigenvalue weighted by atomic mass is 35.5. The molecule has 0 aliphatic rings. The van der Waals surface area contributed by atoms with Crippen molar-refractivity contribution in [2.24, 2.45) is 0 Å². The van der Waals surface area contributed by atoms with Gasteiger partial charge in [0.15, 0.2) is 0 Å². The van der Waals surface area contributed by atoms with Crippen LogP contribution in [0.1, 0.15) is 0 Å². The first-order valence-corrected chi connectivity index (χ1v) is 5.94. The lowest BCUT2D eigenvalue weighted by atomic mass is 10.2. The minimum atomic E-state index is 0.545. The third-order valence-corrected chi connectivity index (χ3v) is 3.12. The van der Waals surface area contributed by atoms with E-state index in [0.717, 1.165) is 17.1 Å². The first-order valence-electron chi connectivity index (χ1n) is 5.19. The first kappa shape index (κ1) is 12.1. The van der Waals surface area contributed by atoms with E-state index in [9.17, 15) is 0 Å². The molecule has 0 saturated heterocycles. The van der Waals surface area contributed by atoms with E-state index >= 15 is 0 Å². The van der Waals surface area contributed by atoms with Crippen LogP contribution in [-0.2, 0) is 0 Å². The number of anilines is 3. The van der Waals surface area contributed by atoms with E-state index in [4.69, 9.17) is 23.2 Å². The summed E-state index contributed by atoms with van der Waals surface area (Å²) in [7, 11) is 1.89. The molecule has 0 aliphatic carbocycles. The molecular weight excluding hydrogens is 255 g/mol.